The molecule has 8 nitrogen and oxygen atoms in total. The molecule has 0 bridgehead atoms. The predicted octanol–water partition coefficient (Wildman–Crippen LogP) is 3.50. The van der Waals surface area contributed by atoms with Gasteiger partial charge < -0.3 is 24.8 Å². The minimum absolute atomic E-state index is 0.0893. The number of para-hydroxylation sites is 1. The molecule has 0 aliphatic carbocycles. The largest absolute Gasteiger partial charge is 0.492 e. The molecule has 8 heteroatoms. The minimum Gasteiger partial charge on any atom is -0.492 e. The lowest BCUT2D eigenvalue weighted by Gasteiger charge is -2.32. The molecule has 3 aromatic rings. The number of anilines is 2. The molecule has 0 spiro atoms. The third-order valence-corrected chi connectivity index (χ3v) is 6.79. The highest BCUT2D eigenvalue weighted by atomic mass is 16.5. The average Bonchev–Trinajstić information content (AvgIpc) is 2.92. The summed E-state index contributed by atoms with van der Waals surface area (Å²) in [6.45, 7) is 6.50. The molecule has 5 rings (SSSR count). The van der Waals surface area contributed by atoms with Crippen LogP contribution in [-0.2, 0) is 0 Å². The molecular weight excluding hydrogens is 440 g/mol. The van der Waals surface area contributed by atoms with E-state index in [4.69, 9.17) is 14.7 Å². The number of hydrogen-bond acceptors (Lipinski definition) is 7. The van der Waals surface area contributed by atoms with Crippen LogP contribution in [0.15, 0.2) is 48.5 Å². The van der Waals surface area contributed by atoms with Crippen molar-refractivity contribution in [3.63, 3.8) is 0 Å². The smallest absolute Gasteiger partial charge is 0.253 e. The SMILES string of the molecule is CN1CCN(C(=O)c2ccc(OCCNc3nc(N4CCCCC4)nc4ccccc34)cc2)CC1. The van der Waals surface area contributed by atoms with E-state index in [0.29, 0.717) is 18.7 Å². The summed E-state index contributed by atoms with van der Waals surface area (Å²) >= 11 is 0. The Hall–Kier alpha value is -3.39. The van der Waals surface area contributed by atoms with Crippen molar-refractivity contribution in [3.05, 3.63) is 54.1 Å². The van der Waals surface area contributed by atoms with Crippen LogP contribution >= 0.6 is 0 Å². The molecule has 2 aromatic carbocycles. The zero-order valence-electron chi connectivity index (χ0n) is 20.4. The highest BCUT2D eigenvalue weighted by Gasteiger charge is 2.20. The molecule has 35 heavy (non-hydrogen) atoms. The van der Waals surface area contributed by atoms with Crippen molar-refractivity contribution < 1.29 is 9.53 Å². The second-order valence-corrected chi connectivity index (χ2v) is 9.33. The van der Waals surface area contributed by atoms with Gasteiger partial charge in [0.15, 0.2) is 0 Å². The fraction of sp³-hybridized carbons (Fsp3) is 0.444. The summed E-state index contributed by atoms with van der Waals surface area (Å²) in [4.78, 5) is 28.8. The van der Waals surface area contributed by atoms with Gasteiger partial charge in [0.2, 0.25) is 5.95 Å². The van der Waals surface area contributed by atoms with Crippen molar-refractivity contribution in [2.24, 2.45) is 0 Å². The number of fused-ring (bicyclic) bond motifs is 1. The Labute approximate surface area is 206 Å². The number of piperidine rings is 1. The Morgan fingerprint density at radius 1 is 0.914 bits per heavy atom. The van der Waals surface area contributed by atoms with Gasteiger partial charge in [0.25, 0.3) is 5.91 Å². The number of likely N-dealkylation sites (N-methyl/N-ethyl adjacent to an activating group) is 1. The summed E-state index contributed by atoms with van der Waals surface area (Å²) in [5.41, 5.74) is 1.66. The normalized spacial score (nSPS) is 16.9. The van der Waals surface area contributed by atoms with E-state index in [9.17, 15) is 4.79 Å². The fourth-order valence-electron chi connectivity index (χ4n) is 4.66. The predicted molar refractivity (Wildman–Crippen MR) is 139 cm³/mol. The van der Waals surface area contributed by atoms with E-state index >= 15 is 0 Å². The van der Waals surface area contributed by atoms with Crippen LogP contribution in [0.5, 0.6) is 5.75 Å². The molecule has 1 aromatic heterocycles. The third-order valence-electron chi connectivity index (χ3n) is 6.79. The van der Waals surface area contributed by atoms with Crippen LogP contribution in [0.4, 0.5) is 11.8 Å². The summed E-state index contributed by atoms with van der Waals surface area (Å²) < 4.78 is 5.93. The number of nitrogens with one attached hydrogen (secondary N) is 1. The zero-order valence-corrected chi connectivity index (χ0v) is 20.4. The topological polar surface area (TPSA) is 73.8 Å². The van der Waals surface area contributed by atoms with Gasteiger partial charge in [0.05, 0.1) is 12.1 Å². The number of piperazine rings is 1. The van der Waals surface area contributed by atoms with Gasteiger partial charge in [-0.15, -0.1) is 0 Å². The maximum atomic E-state index is 12.7. The van der Waals surface area contributed by atoms with Crippen LogP contribution in [0, 0.1) is 0 Å². The van der Waals surface area contributed by atoms with E-state index in [1.165, 1.54) is 19.3 Å². The van der Waals surface area contributed by atoms with Crippen LogP contribution in [-0.4, -0.2) is 85.1 Å². The zero-order chi connectivity index (χ0) is 24.0. The molecule has 2 fully saturated rings. The number of nitrogens with zero attached hydrogens (tertiary/aromatic N) is 5. The van der Waals surface area contributed by atoms with Gasteiger partial charge in [-0.2, -0.15) is 4.98 Å². The van der Waals surface area contributed by atoms with Crippen LogP contribution in [0.2, 0.25) is 0 Å². The van der Waals surface area contributed by atoms with Crippen LogP contribution in [0.1, 0.15) is 29.6 Å². The fourth-order valence-corrected chi connectivity index (χ4v) is 4.66. The average molecular weight is 475 g/mol. The molecule has 2 aliphatic rings. The summed E-state index contributed by atoms with van der Waals surface area (Å²) in [7, 11) is 2.09. The number of hydrogen-bond donors (Lipinski definition) is 1. The summed E-state index contributed by atoms with van der Waals surface area (Å²) in [6, 6.07) is 15.6. The Morgan fingerprint density at radius 2 is 1.66 bits per heavy atom. The maximum Gasteiger partial charge on any atom is 0.253 e. The van der Waals surface area contributed by atoms with Gasteiger partial charge >= 0.3 is 0 Å². The highest BCUT2D eigenvalue weighted by Crippen LogP contribution is 2.25. The third kappa shape index (κ3) is 5.65. The number of benzene rings is 2. The first-order chi connectivity index (χ1) is 17.2. The molecule has 3 heterocycles. The molecule has 0 atom stereocenters. The van der Waals surface area contributed by atoms with E-state index in [2.05, 4.69) is 28.2 Å². The van der Waals surface area contributed by atoms with E-state index in [0.717, 1.165) is 67.7 Å². The quantitative estimate of drug-likeness (QED) is 0.526. The van der Waals surface area contributed by atoms with Gasteiger partial charge in [0, 0.05) is 50.2 Å². The number of amides is 1. The molecule has 1 N–H and O–H groups in total. The second-order valence-electron chi connectivity index (χ2n) is 9.33. The van der Waals surface area contributed by atoms with Gasteiger partial charge in [0.1, 0.15) is 18.2 Å². The molecular formula is C27H34N6O2. The number of carbonyl (C=O) groups is 1. The Morgan fingerprint density at radius 3 is 2.43 bits per heavy atom. The van der Waals surface area contributed by atoms with Crippen molar-refractivity contribution in [1.29, 1.82) is 0 Å². The first kappa shape index (κ1) is 23.4. The van der Waals surface area contributed by atoms with Crippen LogP contribution < -0.4 is 15.0 Å². The van der Waals surface area contributed by atoms with Crippen LogP contribution in [0.25, 0.3) is 10.9 Å². The lowest BCUT2D eigenvalue weighted by Crippen LogP contribution is -2.47. The van der Waals surface area contributed by atoms with Crippen LogP contribution in [0.3, 0.4) is 0 Å². The van der Waals surface area contributed by atoms with E-state index in [1.807, 2.05) is 47.4 Å². The number of ether oxygens (including phenoxy) is 1. The molecule has 184 valence electrons. The molecule has 2 saturated heterocycles. The number of rotatable bonds is 7. The monoisotopic (exact) mass is 474 g/mol. The Bertz CT molecular complexity index is 1140. The van der Waals surface area contributed by atoms with Crippen molar-refractivity contribution in [2.75, 3.05) is 69.7 Å². The summed E-state index contributed by atoms with van der Waals surface area (Å²) in [5, 5.41) is 4.46. The maximum absolute atomic E-state index is 12.7. The Kier molecular flexibility index (Phi) is 7.28. The van der Waals surface area contributed by atoms with Gasteiger partial charge in [-0.1, -0.05) is 12.1 Å². The number of aromatic nitrogens is 2. The molecule has 0 unspecified atom stereocenters. The highest BCUT2D eigenvalue weighted by molar-refractivity contribution is 5.94. The summed E-state index contributed by atoms with van der Waals surface area (Å²) in [5.74, 6) is 2.48. The lowest BCUT2D eigenvalue weighted by molar-refractivity contribution is 0.0664. The van der Waals surface area contributed by atoms with Crippen molar-refractivity contribution in [3.8, 4) is 5.75 Å². The first-order valence-electron chi connectivity index (χ1n) is 12.6. The minimum atomic E-state index is 0.0893. The Balaban J connectivity index is 1.17. The van der Waals surface area contributed by atoms with Gasteiger partial charge in [-0.25, -0.2) is 4.98 Å². The number of carbonyl (C=O) groups excluding carboxylic acids is 1. The van der Waals surface area contributed by atoms with Crippen molar-refractivity contribution >= 4 is 28.6 Å². The molecule has 1 amide bonds. The van der Waals surface area contributed by atoms with Crippen molar-refractivity contribution in [2.45, 2.75) is 19.3 Å². The van der Waals surface area contributed by atoms with E-state index in [1.54, 1.807) is 0 Å². The van der Waals surface area contributed by atoms with Crippen molar-refractivity contribution in [1.82, 2.24) is 19.8 Å². The second kappa shape index (κ2) is 10.9. The first-order valence-corrected chi connectivity index (χ1v) is 12.6. The summed E-state index contributed by atoms with van der Waals surface area (Å²) in [6.07, 6.45) is 3.65. The lowest BCUT2D eigenvalue weighted by atomic mass is 10.1. The van der Waals surface area contributed by atoms with E-state index in [-0.39, 0.29) is 5.91 Å². The molecule has 2 aliphatic heterocycles. The van der Waals surface area contributed by atoms with E-state index < -0.39 is 0 Å². The van der Waals surface area contributed by atoms with Gasteiger partial charge in [-0.3, -0.25) is 4.79 Å². The molecule has 0 radical (unpaired) electrons. The molecule has 0 saturated carbocycles. The van der Waals surface area contributed by atoms with Gasteiger partial charge in [-0.05, 0) is 62.7 Å². The standard InChI is InChI=1S/C27H34N6O2/c1-31-16-18-32(19-17-31)26(34)21-9-11-22(12-10-21)35-20-13-28-25-23-7-3-4-8-24(23)29-27(30-25)33-14-5-2-6-15-33/h3-4,7-12H,2,5-6,13-20H2,1H3,(H,28,29,30).